The lowest BCUT2D eigenvalue weighted by atomic mass is 10.1. The molecule has 1 unspecified atom stereocenters. The molecular formula is C48H77O11P. The average molecular weight is 861 g/mol. The fourth-order valence-corrected chi connectivity index (χ4v) is 5.83. The van der Waals surface area contributed by atoms with Crippen LogP contribution in [0.25, 0.3) is 0 Å². The molecule has 0 bridgehead atoms. The van der Waals surface area contributed by atoms with E-state index in [0.717, 1.165) is 70.6 Å². The quantitative estimate of drug-likeness (QED) is 0.0201. The fourth-order valence-electron chi connectivity index (χ4n) is 5.04. The molecule has 0 fully saturated rings. The minimum absolute atomic E-state index is 0.0692. The zero-order valence-electron chi connectivity index (χ0n) is 36.5. The number of unbranched alkanes of at least 4 members (excludes halogenated alkanes) is 5. The Hall–Kier alpha value is -3.41. The summed E-state index contributed by atoms with van der Waals surface area (Å²) >= 11 is 0. The molecule has 340 valence electrons. The van der Waals surface area contributed by atoms with Gasteiger partial charge >= 0.3 is 19.8 Å². The molecule has 4 atom stereocenters. The maximum Gasteiger partial charge on any atom is 0.472 e. The maximum absolute atomic E-state index is 12.6. The van der Waals surface area contributed by atoms with Crippen LogP contribution in [0.15, 0.2) is 109 Å². The minimum atomic E-state index is -4.67. The van der Waals surface area contributed by atoms with E-state index in [0.29, 0.717) is 19.3 Å². The van der Waals surface area contributed by atoms with E-state index in [1.165, 1.54) is 19.3 Å². The first-order chi connectivity index (χ1) is 29.1. The van der Waals surface area contributed by atoms with Crippen molar-refractivity contribution in [3.8, 4) is 0 Å². The fraction of sp³-hybridized carbons (Fsp3) is 0.583. The second kappa shape index (κ2) is 42.3. The first-order valence-electron chi connectivity index (χ1n) is 21.9. The van der Waals surface area contributed by atoms with Crippen LogP contribution in [0.5, 0.6) is 0 Å². The summed E-state index contributed by atoms with van der Waals surface area (Å²) in [4.78, 5) is 34.9. The summed E-state index contributed by atoms with van der Waals surface area (Å²) in [7, 11) is -4.67. The van der Waals surface area contributed by atoms with Crippen LogP contribution in [0.1, 0.15) is 136 Å². The molecule has 11 nitrogen and oxygen atoms in total. The number of esters is 2. The van der Waals surface area contributed by atoms with Crippen molar-refractivity contribution < 1.29 is 52.9 Å². The van der Waals surface area contributed by atoms with Gasteiger partial charge in [-0.2, -0.15) is 0 Å². The minimum Gasteiger partial charge on any atom is -0.462 e. The highest BCUT2D eigenvalue weighted by molar-refractivity contribution is 7.47. The van der Waals surface area contributed by atoms with Crippen molar-refractivity contribution in [1.82, 2.24) is 0 Å². The van der Waals surface area contributed by atoms with Gasteiger partial charge in [0, 0.05) is 12.8 Å². The van der Waals surface area contributed by atoms with Gasteiger partial charge in [-0.1, -0.05) is 149 Å². The van der Waals surface area contributed by atoms with E-state index in [4.69, 9.17) is 19.1 Å². The van der Waals surface area contributed by atoms with E-state index in [1.54, 1.807) is 0 Å². The molecule has 12 heteroatoms. The van der Waals surface area contributed by atoms with Gasteiger partial charge in [0.05, 0.1) is 25.9 Å². The Morgan fingerprint density at radius 2 is 1.02 bits per heavy atom. The number of hydrogen-bond acceptors (Lipinski definition) is 10. The summed E-state index contributed by atoms with van der Waals surface area (Å²) in [5.74, 6) is -1.12. The number of ether oxygens (including phenoxy) is 2. The summed E-state index contributed by atoms with van der Waals surface area (Å²) in [6.45, 7) is 2.01. The molecule has 0 aromatic rings. The lowest BCUT2D eigenvalue weighted by Crippen LogP contribution is -2.29. The predicted octanol–water partition coefficient (Wildman–Crippen LogP) is 10.7. The van der Waals surface area contributed by atoms with Gasteiger partial charge in [-0.05, 0) is 83.5 Å². The van der Waals surface area contributed by atoms with Gasteiger partial charge in [0.25, 0.3) is 0 Å². The van der Waals surface area contributed by atoms with Crippen molar-refractivity contribution in [3.63, 3.8) is 0 Å². The number of hydrogen-bond donors (Lipinski definition) is 4. The van der Waals surface area contributed by atoms with Crippen LogP contribution in [0, 0.1) is 0 Å². The van der Waals surface area contributed by atoms with E-state index in [2.05, 4.69) is 91.3 Å². The van der Waals surface area contributed by atoms with Gasteiger partial charge in [0.1, 0.15) is 12.7 Å². The summed E-state index contributed by atoms with van der Waals surface area (Å²) in [6, 6.07) is 0. The van der Waals surface area contributed by atoms with Crippen LogP contribution in [0.3, 0.4) is 0 Å². The molecule has 4 N–H and O–H groups in total. The molecule has 0 aromatic heterocycles. The van der Waals surface area contributed by atoms with Crippen LogP contribution in [-0.2, 0) is 32.7 Å². The third-order valence-corrected chi connectivity index (χ3v) is 9.43. The normalized spacial score (nSPS) is 15.4. The van der Waals surface area contributed by atoms with E-state index < -0.39 is 58.4 Å². The number of carbonyl (C=O) groups is 2. The van der Waals surface area contributed by atoms with Crippen molar-refractivity contribution in [2.45, 2.75) is 154 Å². The van der Waals surface area contributed by atoms with Crippen molar-refractivity contribution in [1.29, 1.82) is 0 Å². The third kappa shape index (κ3) is 41.3. The van der Waals surface area contributed by atoms with Crippen LogP contribution < -0.4 is 0 Å². The van der Waals surface area contributed by atoms with Gasteiger partial charge in [0.15, 0.2) is 6.10 Å². The summed E-state index contributed by atoms with van der Waals surface area (Å²) < 4.78 is 32.5. The molecule has 60 heavy (non-hydrogen) atoms. The zero-order chi connectivity index (χ0) is 44.2. The Balaban J connectivity index is 4.56. The monoisotopic (exact) mass is 861 g/mol. The number of allylic oxidation sites excluding steroid dienone is 17. The van der Waals surface area contributed by atoms with Crippen molar-refractivity contribution in [2.24, 2.45) is 0 Å². The number of aliphatic hydroxyl groups is 3. The first-order valence-corrected chi connectivity index (χ1v) is 23.4. The zero-order valence-corrected chi connectivity index (χ0v) is 37.4. The number of phosphoric acid groups is 1. The summed E-state index contributed by atoms with van der Waals surface area (Å²) in [5.41, 5.74) is 0. The van der Waals surface area contributed by atoms with E-state index in [-0.39, 0.29) is 18.9 Å². The highest BCUT2D eigenvalue weighted by Crippen LogP contribution is 2.43. The van der Waals surface area contributed by atoms with Crippen LogP contribution in [-0.4, -0.2) is 76.9 Å². The Morgan fingerprint density at radius 3 is 1.53 bits per heavy atom. The van der Waals surface area contributed by atoms with Crippen molar-refractivity contribution in [2.75, 3.05) is 26.4 Å². The second-order valence-electron chi connectivity index (χ2n) is 14.2. The Kier molecular flexibility index (Phi) is 39.9. The Labute approximate surface area is 361 Å². The van der Waals surface area contributed by atoms with Gasteiger partial charge in [-0.3, -0.25) is 18.6 Å². The van der Waals surface area contributed by atoms with E-state index in [1.807, 2.05) is 36.5 Å². The number of phosphoric ester groups is 1. The highest BCUT2D eigenvalue weighted by Gasteiger charge is 2.27. The Bertz CT molecular complexity index is 1380. The molecule has 0 aromatic carbocycles. The topological polar surface area (TPSA) is 169 Å². The molecular weight excluding hydrogens is 783 g/mol. The number of aliphatic hydroxyl groups excluding tert-OH is 3. The first kappa shape index (κ1) is 56.6. The van der Waals surface area contributed by atoms with Crippen molar-refractivity contribution >= 4 is 19.8 Å². The molecule has 0 rings (SSSR count). The smallest absolute Gasteiger partial charge is 0.462 e. The van der Waals surface area contributed by atoms with E-state index in [9.17, 15) is 29.3 Å². The molecule has 0 saturated carbocycles. The summed E-state index contributed by atoms with van der Waals surface area (Å²) in [6.07, 6.45) is 49.8. The molecule has 0 spiro atoms. The second-order valence-corrected chi connectivity index (χ2v) is 15.6. The SMILES string of the molecule is CCCCC/C=C\C/C=C\C/C=C\C/C=C\C/C=C\CCC(=O)OC[C@H](COP(=O)(O)OC[C@@H](O)CO)OC(=O)CCC/C=C\C/C=C\C/C=C\C/C=C\[C@H](O)CCCC. The molecule has 0 heterocycles. The van der Waals surface area contributed by atoms with Crippen LogP contribution in [0.4, 0.5) is 0 Å². The molecule has 0 amide bonds. The molecule has 0 aliphatic heterocycles. The predicted molar refractivity (Wildman–Crippen MR) is 243 cm³/mol. The molecule has 0 aliphatic carbocycles. The standard InChI is InChI=1S/C48H77O11P/c1-3-5-7-8-9-10-11-12-13-14-15-16-17-18-22-25-28-31-34-38-47(52)56-42-46(43-58-60(54,55)57-41-45(51)40-49)59-48(53)39-35-32-29-26-23-20-19-21-24-27-30-33-37-44(50)36-6-4-2/h9-10,12-13,15-16,18-20,22,24,26-29,31,33,37,44-46,49-51H,3-8,11,14,17,21,23,25,30,32,34-36,38-43H2,1-2H3,(H,54,55)/b10-9-,13-12-,16-15-,20-19-,22-18-,27-24-,29-26-,31-28-,37-33-/t44-,45+,46-/m1/s1. The highest BCUT2D eigenvalue weighted by atomic mass is 31.2. The van der Waals surface area contributed by atoms with Crippen molar-refractivity contribution in [3.05, 3.63) is 109 Å². The number of rotatable bonds is 39. The lowest BCUT2D eigenvalue weighted by Gasteiger charge is -2.20. The van der Waals surface area contributed by atoms with Crippen LogP contribution in [0.2, 0.25) is 0 Å². The Morgan fingerprint density at radius 1 is 0.550 bits per heavy atom. The molecule has 0 saturated heterocycles. The summed E-state index contributed by atoms with van der Waals surface area (Å²) in [5, 5.41) is 28.1. The van der Waals surface area contributed by atoms with Gasteiger partial charge in [-0.15, -0.1) is 0 Å². The van der Waals surface area contributed by atoms with Gasteiger partial charge < -0.3 is 29.7 Å². The van der Waals surface area contributed by atoms with Gasteiger partial charge in [0.2, 0.25) is 0 Å². The lowest BCUT2D eigenvalue weighted by molar-refractivity contribution is -0.161. The number of carbonyl (C=O) groups excluding carboxylic acids is 2. The molecule has 0 aliphatic rings. The van der Waals surface area contributed by atoms with Crippen LogP contribution >= 0.6 is 7.82 Å². The third-order valence-electron chi connectivity index (χ3n) is 8.48. The van der Waals surface area contributed by atoms with E-state index >= 15 is 0 Å². The average Bonchev–Trinajstić information content (AvgIpc) is 3.23. The molecule has 0 radical (unpaired) electrons. The largest absolute Gasteiger partial charge is 0.472 e. The maximum atomic E-state index is 12.6. The van der Waals surface area contributed by atoms with Gasteiger partial charge in [-0.25, -0.2) is 4.57 Å².